The highest BCUT2D eigenvalue weighted by Crippen LogP contribution is 2.43. The molecule has 0 aliphatic carbocycles. The molecule has 2 N–H and O–H groups in total. The zero-order valence-electron chi connectivity index (χ0n) is 48.2. The van der Waals surface area contributed by atoms with Crippen LogP contribution in [0.5, 0.6) is 0 Å². The van der Waals surface area contributed by atoms with E-state index < -0.39 is 57.8 Å². The summed E-state index contributed by atoms with van der Waals surface area (Å²) in [5.74, 6) is -1.50. The number of carbonyl (C=O) groups is 3. The first-order chi connectivity index (χ1) is 37.2. The molecule has 0 aromatic rings. The fourth-order valence-electron chi connectivity index (χ4n) is 7.94. The van der Waals surface area contributed by atoms with Crippen molar-refractivity contribution in [3.8, 4) is 0 Å². The van der Waals surface area contributed by atoms with E-state index in [0.29, 0.717) is 19.3 Å². The molecule has 0 aliphatic heterocycles. The zero-order valence-corrected chi connectivity index (χ0v) is 49.1. The van der Waals surface area contributed by atoms with Crippen LogP contribution in [0.4, 0.5) is 0 Å². The first-order valence-corrected chi connectivity index (χ1v) is 31.6. The molecule has 12 heteroatoms. The monoisotopic (exact) mass is 1080 g/mol. The summed E-state index contributed by atoms with van der Waals surface area (Å²) in [6.07, 6.45) is 67.8. The van der Waals surface area contributed by atoms with Crippen molar-refractivity contribution in [1.29, 1.82) is 0 Å². The summed E-state index contributed by atoms with van der Waals surface area (Å²) in [4.78, 5) is 48.6. The molecule has 3 unspecified atom stereocenters. The predicted octanol–water partition coefficient (Wildman–Crippen LogP) is 18.0. The van der Waals surface area contributed by atoms with E-state index in [4.69, 9.17) is 23.3 Å². The number of rotatable bonds is 55. The number of ether oxygens (including phenoxy) is 3. The maximum atomic E-state index is 12.9. The van der Waals surface area contributed by atoms with Crippen LogP contribution in [-0.4, -0.2) is 66.5 Å². The van der Waals surface area contributed by atoms with Gasteiger partial charge in [-0.2, -0.15) is 0 Å². The van der Waals surface area contributed by atoms with E-state index in [2.05, 4.69) is 118 Å². The van der Waals surface area contributed by atoms with Crippen molar-refractivity contribution in [2.24, 2.45) is 0 Å². The van der Waals surface area contributed by atoms with Gasteiger partial charge in [-0.25, -0.2) is 4.57 Å². The molecule has 0 spiro atoms. The number of hydrogen-bond donors (Lipinski definition) is 2. The van der Waals surface area contributed by atoms with Gasteiger partial charge < -0.3 is 24.2 Å². The fraction of sp³-hybridized carbons (Fsp3) is 0.703. The predicted molar refractivity (Wildman–Crippen MR) is 316 cm³/mol. The minimum atomic E-state index is -4.76. The molecule has 0 amide bonds. The van der Waals surface area contributed by atoms with Crippen LogP contribution in [0.15, 0.2) is 97.2 Å². The minimum Gasteiger partial charge on any atom is -0.462 e. The Morgan fingerprint density at radius 2 is 0.684 bits per heavy atom. The Kier molecular flexibility index (Phi) is 54.8. The highest BCUT2D eigenvalue weighted by Gasteiger charge is 2.28. The summed E-state index contributed by atoms with van der Waals surface area (Å²) < 4.78 is 39.6. The number of phosphoric ester groups is 1. The van der Waals surface area contributed by atoms with Crippen molar-refractivity contribution < 1.29 is 52.2 Å². The van der Waals surface area contributed by atoms with Gasteiger partial charge in [0, 0.05) is 19.3 Å². The maximum Gasteiger partial charge on any atom is 0.472 e. The quantitative estimate of drug-likeness (QED) is 0.0197. The fourth-order valence-corrected chi connectivity index (χ4v) is 8.73. The topological polar surface area (TPSA) is 155 Å². The number of aliphatic hydroxyl groups excluding tert-OH is 1. The Balaban J connectivity index is 4.76. The lowest BCUT2D eigenvalue weighted by Crippen LogP contribution is -2.30. The number of esters is 3. The summed E-state index contributed by atoms with van der Waals surface area (Å²) in [7, 11) is -4.76. The van der Waals surface area contributed by atoms with Crippen molar-refractivity contribution in [2.45, 2.75) is 264 Å². The molecule has 0 saturated heterocycles. The van der Waals surface area contributed by atoms with E-state index in [0.717, 1.165) is 154 Å². The molecule has 0 aliphatic rings. The summed E-state index contributed by atoms with van der Waals surface area (Å²) in [5, 5.41) is 9.83. The summed E-state index contributed by atoms with van der Waals surface area (Å²) >= 11 is 0. The molecular formula is C64H109O11P. The van der Waals surface area contributed by atoms with Crippen LogP contribution in [0.2, 0.25) is 0 Å². The van der Waals surface area contributed by atoms with Crippen molar-refractivity contribution in [3.05, 3.63) is 97.2 Å². The maximum absolute atomic E-state index is 12.9. The molecule has 0 saturated carbocycles. The van der Waals surface area contributed by atoms with E-state index in [1.807, 2.05) is 0 Å². The molecule has 0 aromatic carbocycles. The van der Waals surface area contributed by atoms with Crippen molar-refractivity contribution >= 4 is 25.7 Å². The SMILES string of the molecule is CC/C=C\C/C=C\C/C=C\CCCCCCCCCC(=O)OCC(COP(=O)(O)OCC(CO)OC(=O)CCCCCCC/C=C\C/C=C\CCCCC)OC(=O)CCCCCCCCC/C=C\C/C=C\C/C=C\CC. The van der Waals surface area contributed by atoms with Gasteiger partial charge in [-0.3, -0.25) is 23.4 Å². The van der Waals surface area contributed by atoms with Crippen LogP contribution >= 0.6 is 7.82 Å². The Bertz CT molecular complexity index is 1640. The Hall–Kier alpha value is -3.60. The van der Waals surface area contributed by atoms with Crippen LogP contribution in [0.3, 0.4) is 0 Å². The van der Waals surface area contributed by atoms with Crippen LogP contribution in [0.25, 0.3) is 0 Å². The lowest BCUT2D eigenvalue weighted by molar-refractivity contribution is -0.161. The standard InChI is InChI=1S/C64H109O11P/c1-4-7-10-13-16-19-22-25-28-30-33-35-38-41-44-47-50-53-62(66)71-57-61(75-64(68)55-52-49-46-43-40-37-34-31-29-26-23-20-17-14-11-8-5-2)59-73-76(69,70)72-58-60(56-65)74-63(67)54-51-48-45-42-39-36-32-27-24-21-18-15-12-9-6-3/h7-8,10-11,16-21,25-29,32,60-61,65H,4-6,9,12-15,22-24,30-31,33-59H2,1-3H3,(H,69,70)/b10-7-,11-8-,19-16-,20-17-,21-18-,28-25-,29-26-,32-27-. The number of carbonyl (C=O) groups excluding carboxylic acids is 3. The van der Waals surface area contributed by atoms with Crippen LogP contribution < -0.4 is 0 Å². The number of hydrogen-bond acceptors (Lipinski definition) is 10. The van der Waals surface area contributed by atoms with Crippen molar-refractivity contribution in [1.82, 2.24) is 0 Å². The lowest BCUT2D eigenvalue weighted by atomic mass is 10.1. The molecule has 76 heavy (non-hydrogen) atoms. The number of phosphoric acid groups is 1. The van der Waals surface area contributed by atoms with Gasteiger partial charge >= 0.3 is 25.7 Å². The average molecular weight is 1090 g/mol. The normalized spacial score (nSPS) is 14.0. The molecule has 0 rings (SSSR count). The third kappa shape index (κ3) is 55.2. The zero-order chi connectivity index (χ0) is 55.5. The molecule has 0 aromatic heterocycles. The van der Waals surface area contributed by atoms with Crippen LogP contribution in [0.1, 0.15) is 252 Å². The van der Waals surface area contributed by atoms with E-state index in [1.54, 1.807) is 0 Å². The molecule has 11 nitrogen and oxygen atoms in total. The van der Waals surface area contributed by atoms with E-state index in [-0.39, 0.29) is 25.9 Å². The van der Waals surface area contributed by atoms with Crippen LogP contribution in [-0.2, 0) is 42.2 Å². The second kappa shape index (κ2) is 57.6. The number of allylic oxidation sites excluding steroid dienone is 16. The summed E-state index contributed by atoms with van der Waals surface area (Å²) in [6.45, 7) is 4.37. The first kappa shape index (κ1) is 72.4. The summed E-state index contributed by atoms with van der Waals surface area (Å²) in [6, 6.07) is 0. The van der Waals surface area contributed by atoms with Gasteiger partial charge in [-0.05, 0) is 116 Å². The van der Waals surface area contributed by atoms with Gasteiger partial charge in [0.2, 0.25) is 0 Å². The van der Waals surface area contributed by atoms with Crippen molar-refractivity contribution in [2.75, 3.05) is 26.4 Å². The minimum absolute atomic E-state index is 0.149. The molecular weight excluding hydrogens is 976 g/mol. The van der Waals surface area contributed by atoms with Crippen molar-refractivity contribution in [3.63, 3.8) is 0 Å². The molecule has 436 valence electrons. The smallest absolute Gasteiger partial charge is 0.462 e. The molecule has 0 fully saturated rings. The highest BCUT2D eigenvalue weighted by atomic mass is 31.2. The second-order valence-electron chi connectivity index (χ2n) is 19.7. The third-order valence-corrected chi connectivity index (χ3v) is 13.4. The van der Waals surface area contributed by atoms with Gasteiger partial charge in [0.25, 0.3) is 0 Å². The third-order valence-electron chi connectivity index (χ3n) is 12.5. The lowest BCUT2D eigenvalue weighted by Gasteiger charge is -2.21. The second-order valence-corrected chi connectivity index (χ2v) is 21.2. The number of unbranched alkanes of at least 4 members (excludes halogenated alkanes) is 22. The highest BCUT2D eigenvalue weighted by molar-refractivity contribution is 7.47. The Morgan fingerprint density at radius 3 is 1.05 bits per heavy atom. The van der Waals surface area contributed by atoms with Gasteiger partial charge in [-0.1, -0.05) is 214 Å². The molecule has 0 heterocycles. The largest absolute Gasteiger partial charge is 0.472 e. The van der Waals surface area contributed by atoms with E-state index >= 15 is 0 Å². The van der Waals surface area contributed by atoms with Crippen LogP contribution in [0, 0.1) is 0 Å². The molecule has 3 atom stereocenters. The van der Waals surface area contributed by atoms with Gasteiger partial charge in [-0.15, -0.1) is 0 Å². The summed E-state index contributed by atoms with van der Waals surface area (Å²) in [5.41, 5.74) is 0. The van der Waals surface area contributed by atoms with E-state index in [9.17, 15) is 28.9 Å². The molecule has 0 bridgehead atoms. The van der Waals surface area contributed by atoms with E-state index in [1.165, 1.54) is 38.5 Å². The van der Waals surface area contributed by atoms with Gasteiger partial charge in [0.1, 0.15) is 12.7 Å². The number of aliphatic hydroxyl groups is 1. The molecule has 0 radical (unpaired) electrons. The average Bonchev–Trinajstić information content (AvgIpc) is 3.41. The van der Waals surface area contributed by atoms with Gasteiger partial charge in [0.05, 0.1) is 19.8 Å². The Morgan fingerprint density at radius 1 is 0.382 bits per heavy atom. The first-order valence-electron chi connectivity index (χ1n) is 30.1. The van der Waals surface area contributed by atoms with Gasteiger partial charge in [0.15, 0.2) is 6.10 Å². The Labute approximate surface area is 463 Å².